The fourth-order valence-electron chi connectivity index (χ4n) is 1.96. The highest BCUT2D eigenvalue weighted by atomic mass is 35.7. The van der Waals surface area contributed by atoms with E-state index in [0.717, 1.165) is 24.2 Å². The largest absolute Gasteiger partial charge is 0.353 e. The van der Waals surface area contributed by atoms with Gasteiger partial charge in [0.2, 0.25) is 5.91 Å². The van der Waals surface area contributed by atoms with E-state index in [9.17, 15) is 17.4 Å². The summed E-state index contributed by atoms with van der Waals surface area (Å²) < 4.78 is 33.5. The molecule has 1 aromatic rings. The van der Waals surface area contributed by atoms with Crippen LogP contribution < -0.4 is 5.32 Å². The van der Waals surface area contributed by atoms with E-state index in [1.54, 1.807) is 6.07 Å². The Balaban J connectivity index is 1.88. The molecule has 0 bridgehead atoms. The van der Waals surface area contributed by atoms with Crippen LogP contribution >= 0.6 is 22.0 Å². The Hall–Kier alpha value is -0.440. The Morgan fingerprint density at radius 3 is 2.60 bits per heavy atom. The zero-order valence-electron chi connectivity index (χ0n) is 10.5. The molecule has 0 unspecified atom stereocenters. The van der Waals surface area contributed by atoms with Crippen LogP contribution in [0.5, 0.6) is 0 Å². The highest BCUT2D eigenvalue weighted by Gasteiger charge is 2.20. The second kappa shape index (κ2) is 6.55. The van der Waals surface area contributed by atoms with Crippen molar-refractivity contribution in [2.24, 2.45) is 0 Å². The van der Waals surface area contributed by atoms with E-state index in [4.69, 9.17) is 10.7 Å². The van der Waals surface area contributed by atoms with Gasteiger partial charge in [-0.15, -0.1) is 11.3 Å². The molecule has 0 radical (unpaired) electrons. The van der Waals surface area contributed by atoms with E-state index < -0.39 is 19.9 Å². The highest BCUT2D eigenvalue weighted by Crippen LogP contribution is 2.25. The van der Waals surface area contributed by atoms with Gasteiger partial charge < -0.3 is 5.32 Å². The predicted molar refractivity (Wildman–Crippen MR) is 80.1 cm³/mol. The van der Waals surface area contributed by atoms with Crippen LogP contribution in [0.3, 0.4) is 0 Å². The number of carbonyl (C=O) groups excluding carboxylic acids is 1. The predicted octanol–water partition coefficient (Wildman–Crippen LogP) is 1.25. The van der Waals surface area contributed by atoms with Gasteiger partial charge in [0.05, 0.1) is 6.42 Å². The number of nitrogens with one attached hydrogen (secondary N) is 1. The Bertz CT molecular complexity index is 615. The van der Waals surface area contributed by atoms with Gasteiger partial charge >= 0.3 is 0 Å². The van der Waals surface area contributed by atoms with Crippen molar-refractivity contribution in [3.05, 3.63) is 17.0 Å². The van der Waals surface area contributed by atoms with Gasteiger partial charge in [-0.2, -0.15) is 0 Å². The molecule has 0 spiro atoms. The lowest BCUT2D eigenvalue weighted by Crippen LogP contribution is -2.40. The summed E-state index contributed by atoms with van der Waals surface area (Å²) in [6, 6.07) is 3.06. The monoisotopic (exact) mass is 355 g/mol. The maximum atomic E-state index is 11.9. The smallest absolute Gasteiger partial charge is 0.270 e. The van der Waals surface area contributed by atoms with Crippen molar-refractivity contribution in [1.82, 2.24) is 5.32 Å². The van der Waals surface area contributed by atoms with Gasteiger partial charge in [-0.05, 0) is 25.0 Å². The topological polar surface area (TPSA) is 80.3 Å². The summed E-state index contributed by atoms with van der Waals surface area (Å²) in [7, 11) is 0.754. The SMILES string of the molecule is O=C(Cc1ccc(S(=O)(=O)Cl)s1)NC1CCS(=O)CC1. The van der Waals surface area contributed by atoms with E-state index in [0.29, 0.717) is 16.4 Å². The van der Waals surface area contributed by atoms with Crippen LogP contribution in [0, 0.1) is 0 Å². The molecule has 112 valence electrons. The number of hydrogen-bond donors (Lipinski definition) is 1. The summed E-state index contributed by atoms with van der Waals surface area (Å²) in [5, 5.41) is 2.89. The molecule has 0 saturated carbocycles. The average molecular weight is 356 g/mol. The van der Waals surface area contributed by atoms with Crippen LogP contribution in [0.2, 0.25) is 0 Å². The van der Waals surface area contributed by atoms with Gasteiger partial charge in [0.15, 0.2) is 0 Å². The van der Waals surface area contributed by atoms with Crippen LogP contribution in [0.4, 0.5) is 0 Å². The molecule has 1 aliphatic rings. The number of thiophene rings is 1. The molecule has 1 fully saturated rings. The second-order valence-electron chi connectivity index (χ2n) is 4.53. The Kier molecular flexibility index (Phi) is 5.22. The Morgan fingerprint density at radius 2 is 2.05 bits per heavy atom. The summed E-state index contributed by atoms with van der Waals surface area (Å²) in [6.45, 7) is 0. The third-order valence-corrected chi connectivity index (χ3v) is 7.53. The van der Waals surface area contributed by atoms with Crippen LogP contribution in [-0.2, 0) is 31.1 Å². The van der Waals surface area contributed by atoms with Crippen LogP contribution in [-0.4, -0.2) is 36.1 Å². The van der Waals surface area contributed by atoms with Crippen molar-refractivity contribution in [1.29, 1.82) is 0 Å². The normalized spacial score (nSPS) is 23.4. The standard InChI is InChI=1S/C11H14ClNO4S3/c12-20(16,17)11-2-1-9(18-11)7-10(14)13-8-3-5-19(15)6-4-8/h1-2,8H,3-7H2,(H,13,14). The van der Waals surface area contributed by atoms with Crippen LogP contribution in [0.1, 0.15) is 17.7 Å². The molecule has 1 amide bonds. The molecule has 1 N–H and O–H groups in total. The van der Waals surface area contributed by atoms with Crippen LogP contribution in [0.15, 0.2) is 16.3 Å². The van der Waals surface area contributed by atoms with Gasteiger partial charge in [0.1, 0.15) is 4.21 Å². The number of hydrogen-bond acceptors (Lipinski definition) is 5. The first-order valence-corrected chi connectivity index (χ1v) is 10.6. The first-order chi connectivity index (χ1) is 9.34. The zero-order valence-corrected chi connectivity index (χ0v) is 13.7. The summed E-state index contributed by atoms with van der Waals surface area (Å²) in [4.78, 5) is 12.5. The van der Waals surface area contributed by atoms with Gasteiger partial charge in [-0.1, -0.05) is 0 Å². The first-order valence-electron chi connectivity index (χ1n) is 6.02. The van der Waals surface area contributed by atoms with Crippen molar-refractivity contribution in [3.8, 4) is 0 Å². The second-order valence-corrected chi connectivity index (χ2v) is 10.2. The molecule has 20 heavy (non-hydrogen) atoms. The quantitative estimate of drug-likeness (QED) is 0.824. The van der Waals surface area contributed by atoms with Gasteiger partial charge in [-0.3, -0.25) is 9.00 Å². The highest BCUT2D eigenvalue weighted by molar-refractivity contribution is 8.15. The van der Waals surface area contributed by atoms with Crippen molar-refractivity contribution >= 4 is 47.8 Å². The zero-order chi connectivity index (χ0) is 14.8. The van der Waals surface area contributed by atoms with Gasteiger partial charge in [-0.25, -0.2) is 8.42 Å². The molecule has 1 saturated heterocycles. The molecular weight excluding hydrogens is 342 g/mol. The number of rotatable bonds is 4. The molecule has 1 aromatic heterocycles. The lowest BCUT2D eigenvalue weighted by molar-refractivity contribution is -0.121. The molecule has 9 heteroatoms. The minimum atomic E-state index is -3.73. The van der Waals surface area contributed by atoms with Gasteiger partial charge in [0.25, 0.3) is 9.05 Å². The molecule has 1 aliphatic heterocycles. The van der Waals surface area contributed by atoms with Crippen molar-refractivity contribution < 1.29 is 17.4 Å². The Labute approximate surface area is 128 Å². The fourth-order valence-corrected chi connectivity index (χ4v) is 5.38. The Morgan fingerprint density at radius 1 is 1.40 bits per heavy atom. The lowest BCUT2D eigenvalue weighted by atomic mass is 10.1. The maximum Gasteiger partial charge on any atom is 0.270 e. The molecule has 0 aliphatic carbocycles. The molecule has 2 heterocycles. The molecule has 5 nitrogen and oxygen atoms in total. The summed E-state index contributed by atoms with van der Waals surface area (Å²) in [5.74, 6) is 1.10. The molecular formula is C11H14ClNO4S3. The number of amides is 1. The van der Waals surface area contributed by atoms with E-state index in [2.05, 4.69) is 5.32 Å². The average Bonchev–Trinajstić information content (AvgIpc) is 2.80. The first kappa shape index (κ1) is 15.9. The van der Waals surface area contributed by atoms with E-state index in [1.165, 1.54) is 6.07 Å². The minimum Gasteiger partial charge on any atom is -0.353 e. The van der Waals surface area contributed by atoms with E-state index >= 15 is 0 Å². The minimum absolute atomic E-state index is 0.0510. The summed E-state index contributed by atoms with van der Waals surface area (Å²) >= 11 is 1.00. The van der Waals surface area contributed by atoms with Crippen LogP contribution in [0.25, 0.3) is 0 Å². The molecule has 0 aromatic carbocycles. The number of carbonyl (C=O) groups is 1. The maximum absolute atomic E-state index is 11.9. The van der Waals surface area contributed by atoms with Crippen molar-refractivity contribution in [2.75, 3.05) is 11.5 Å². The third-order valence-electron chi connectivity index (χ3n) is 2.97. The third kappa shape index (κ3) is 4.54. The van der Waals surface area contributed by atoms with E-state index in [1.807, 2.05) is 0 Å². The lowest BCUT2D eigenvalue weighted by Gasteiger charge is -2.22. The summed E-state index contributed by atoms with van der Waals surface area (Å²) in [5.41, 5.74) is 0. The van der Waals surface area contributed by atoms with Crippen molar-refractivity contribution in [2.45, 2.75) is 29.5 Å². The van der Waals surface area contributed by atoms with E-state index in [-0.39, 0.29) is 22.6 Å². The fraction of sp³-hybridized carbons (Fsp3) is 0.545. The number of halogens is 1. The summed E-state index contributed by atoms with van der Waals surface area (Å²) in [6.07, 6.45) is 1.59. The molecule has 2 rings (SSSR count). The van der Waals surface area contributed by atoms with Gasteiger partial charge in [0, 0.05) is 43.9 Å². The van der Waals surface area contributed by atoms with Crippen molar-refractivity contribution in [3.63, 3.8) is 0 Å². The molecule has 0 atom stereocenters.